The standard InChI is InChI=1S/C19H32N4O3S.HI/c1-4-20-19(21-12-9-17-7-5-6-8-18(17)26-2)22-15-16-10-13-23(14-11-16)27(3,24)25;/h5-8,16H,4,9-15H2,1-3H3,(H2,20,21,22);1H. The zero-order valence-electron chi connectivity index (χ0n) is 17.0. The molecule has 28 heavy (non-hydrogen) atoms. The lowest BCUT2D eigenvalue weighted by Crippen LogP contribution is -2.40. The highest BCUT2D eigenvalue weighted by Gasteiger charge is 2.24. The third-order valence-electron chi connectivity index (χ3n) is 4.77. The van der Waals surface area contributed by atoms with Gasteiger partial charge in [-0.15, -0.1) is 24.0 Å². The van der Waals surface area contributed by atoms with Gasteiger partial charge in [-0.25, -0.2) is 12.7 Å². The Morgan fingerprint density at radius 2 is 1.93 bits per heavy atom. The molecule has 1 fully saturated rings. The van der Waals surface area contributed by atoms with Crippen LogP contribution in [-0.4, -0.2) is 64.8 Å². The summed E-state index contributed by atoms with van der Waals surface area (Å²) in [5, 5.41) is 6.64. The Morgan fingerprint density at radius 1 is 1.25 bits per heavy atom. The largest absolute Gasteiger partial charge is 0.496 e. The number of aliphatic imine (C=N–C) groups is 1. The molecule has 0 radical (unpaired) electrons. The van der Waals surface area contributed by atoms with Crippen LogP contribution in [-0.2, 0) is 16.4 Å². The topological polar surface area (TPSA) is 83.0 Å². The number of nitrogens with zero attached hydrogens (tertiary/aromatic N) is 2. The molecule has 160 valence electrons. The van der Waals surface area contributed by atoms with Crippen molar-refractivity contribution in [1.82, 2.24) is 14.9 Å². The average Bonchev–Trinajstić information content (AvgIpc) is 2.66. The van der Waals surface area contributed by atoms with Crippen molar-refractivity contribution in [3.63, 3.8) is 0 Å². The summed E-state index contributed by atoms with van der Waals surface area (Å²) in [5.41, 5.74) is 1.16. The first kappa shape index (κ1) is 25.0. The van der Waals surface area contributed by atoms with Crippen LogP contribution in [0.2, 0.25) is 0 Å². The van der Waals surface area contributed by atoms with E-state index >= 15 is 0 Å². The molecule has 1 aromatic carbocycles. The Morgan fingerprint density at radius 3 is 2.54 bits per heavy atom. The molecule has 0 unspecified atom stereocenters. The second kappa shape index (κ2) is 12.5. The van der Waals surface area contributed by atoms with Gasteiger partial charge in [0.15, 0.2) is 5.96 Å². The first-order valence-corrected chi connectivity index (χ1v) is 11.4. The number of sulfonamides is 1. The average molecular weight is 524 g/mol. The monoisotopic (exact) mass is 524 g/mol. The van der Waals surface area contributed by atoms with Gasteiger partial charge in [-0.2, -0.15) is 0 Å². The van der Waals surface area contributed by atoms with Crippen molar-refractivity contribution < 1.29 is 13.2 Å². The molecule has 0 aromatic heterocycles. The van der Waals surface area contributed by atoms with Gasteiger partial charge in [0, 0.05) is 32.7 Å². The lowest BCUT2D eigenvalue weighted by atomic mass is 9.98. The molecular formula is C19H33IN4O3S. The van der Waals surface area contributed by atoms with Crippen LogP contribution in [0.25, 0.3) is 0 Å². The van der Waals surface area contributed by atoms with Gasteiger partial charge in [0.2, 0.25) is 10.0 Å². The van der Waals surface area contributed by atoms with Crippen LogP contribution in [0.15, 0.2) is 29.3 Å². The van der Waals surface area contributed by atoms with Crippen molar-refractivity contribution in [3.05, 3.63) is 29.8 Å². The first-order valence-electron chi connectivity index (χ1n) is 9.53. The second-order valence-corrected chi connectivity index (χ2v) is 8.80. The van der Waals surface area contributed by atoms with Crippen LogP contribution in [0, 0.1) is 5.92 Å². The van der Waals surface area contributed by atoms with E-state index in [9.17, 15) is 8.42 Å². The highest BCUT2D eigenvalue weighted by molar-refractivity contribution is 14.0. The zero-order chi connectivity index (χ0) is 19.7. The molecule has 9 heteroatoms. The summed E-state index contributed by atoms with van der Waals surface area (Å²) in [5.74, 6) is 2.13. The van der Waals surface area contributed by atoms with Crippen molar-refractivity contribution in [1.29, 1.82) is 0 Å². The fourth-order valence-corrected chi connectivity index (χ4v) is 4.08. The molecule has 1 aromatic rings. The third kappa shape index (κ3) is 8.12. The third-order valence-corrected chi connectivity index (χ3v) is 6.08. The summed E-state index contributed by atoms with van der Waals surface area (Å²) >= 11 is 0. The molecule has 1 saturated heterocycles. The van der Waals surface area contributed by atoms with Gasteiger partial charge < -0.3 is 15.4 Å². The van der Waals surface area contributed by atoms with Crippen molar-refractivity contribution in [2.75, 3.05) is 46.1 Å². The van der Waals surface area contributed by atoms with E-state index in [2.05, 4.69) is 16.7 Å². The number of ether oxygens (including phenoxy) is 1. The van der Waals surface area contributed by atoms with Crippen LogP contribution in [0.4, 0.5) is 0 Å². The van der Waals surface area contributed by atoms with Gasteiger partial charge in [-0.05, 0) is 43.7 Å². The Hall–Kier alpha value is -1.07. The van der Waals surface area contributed by atoms with E-state index < -0.39 is 10.0 Å². The summed E-state index contributed by atoms with van der Waals surface area (Å²) in [4.78, 5) is 4.69. The summed E-state index contributed by atoms with van der Waals surface area (Å²) in [7, 11) is -1.38. The lowest BCUT2D eigenvalue weighted by Gasteiger charge is -2.29. The molecule has 0 saturated carbocycles. The predicted octanol–water partition coefficient (Wildman–Crippen LogP) is 2.08. The summed E-state index contributed by atoms with van der Waals surface area (Å²) in [6, 6.07) is 8.02. The minimum atomic E-state index is -3.07. The minimum Gasteiger partial charge on any atom is -0.496 e. The van der Waals surface area contributed by atoms with Crippen LogP contribution in [0.5, 0.6) is 5.75 Å². The summed E-state index contributed by atoms with van der Waals surface area (Å²) < 4.78 is 30.1. The van der Waals surface area contributed by atoms with E-state index in [0.29, 0.717) is 25.6 Å². The number of guanidine groups is 1. The number of benzene rings is 1. The van der Waals surface area contributed by atoms with Crippen molar-refractivity contribution >= 4 is 40.0 Å². The number of hydrogen-bond acceptors (Lipinski definition) is 4. The summed E-state index contributed by atoms with van der Waals surface area (Å²) in [6.07, 6.45) is 3.84. The van der Waals surface area contributed by atoms with Gasteiger partial charge in [0.25, 0.3) is 0 Å². The molecule has 0 amide bonds. The molecule has 1 aliphatic rings. The number of piperidine rings is 1. The SMILES string of the molecule is CCNC(=NCC1CCN(S(C)(=O)=O)CC1)NCCc1ccccc1OC.I. The number of halogens is 1. The smallest absolute Gasteiger partial charge is 0.211 e. The Labute approximate surface area is 186 Å². The van der Waals surface area contributed by atoms with Gasteiger partial charge in [0.05, 0.1) is 13.4 Å². The molecule has 0 atom stereocenters. The van der Waals surface area contributed by atoms with Crippen LogP contribution in [0.3, 0.4) is 0 Å². The van der Waals surface area contributed by atoms with Crippen molar-refractivity contribution in [2.45, 2.75) is 26.2 Å². The molecule has 7 nitrogen and oxygen atoms in total. The number of nitrogens with one attached hydrogen (secondary N) is 2. The highest BCUT2D eigenvalue weighted by atomic mass is 127. The maximum Gasteiger partial charge on any atom is 0.211 e. The minimum absolute atomic E-state index is 0. The number of para-hydroxylation sites is 1. The Balaban J connectivity index is 0.00000392. The molecule has 2 N–H and O–H groups in total. The predicted molar refractivity (Wildman–Crippen MR) is 125 cm³/mol. The lowest BCUT2D eigenvalue weighted by molar-refractivity contribution is 0.280. The van der Waals surface area contributed by atoms with Crippen LogP contribution in [0.1, 0.15) is 25.3 Å². The van der Waals surface area contributed by atoms with Crippen LogP contribution >= 0.6 is 24.0 Å². The van der Waals surface area contributed by atoms with E-state index in [4.69, 9.17) is 9.73 Å². The van der Waals surface area contributed by atoms with E-state index in [1.54, 1.807) is 11.4 Å². The number of methoxy groups -OCH3 is 1. The molecule has 1 aliphatic heterocycles. The van der Waals surface area contributed by atoms with Crippen molar-refractivity contribution in [3.8, 4) is 5.75 Å². The highest BCUT2D eigenvalue weighted by Crippen LogP contribution is 2.19. The van der Waals surface area contributed by atoms with Crippen LogP contribution < -0.4 is 15.4 Å². The quantitative estimate of drug-likeness (QED) is 0.309. The van der Waals surface area contributed by atoms with E-state index in [1.807, 2.05) is 25.1 Å². The zero-order valence-corrected chi connectivity index (χ0v) is 20.1. The molecule has 1 heterocycles. The van der Waals surface area contributed by atoms with Gasteiger partial charge in [0.1, 0.15) is 5.75 Å². The molecule has 2 rings (SSSR count). The first-order chi connectivity index (χ1) is 12.9. The van der Waals surface area contributed by atoms with Gasteiger partial charge in [-0.3, -0.25) is 4.99 Å². The normalized spacial score (nSPS) is 16.3. The van der Waals surface area contributed by atoms with Crippen molar-refractivity contribution in [2.24, 2.45) is 10.9 Å². The number of hydrogen-bond donors (Lipinski definition) is 2. The fraction of sp³-hybridized carbons (Fsp3) is 0.632. The van der Waals surface area contributed by atoms with E-state index in [0.717, 1.165) is 49.6 Å². The maximum atomic E-state index is 11.6. The van der Waals surface area contributed by atoms with E-state index in [1.165, 1.54) is 6.26 Å². The van der Waals surface area contributed by atoms with E-state index in [-0.39, 0.29) is 24.0 Å². The molecular weight excluding hydrogens is 491 g/mol. The van der Waals surface area contributed by atoms with Gasteiger partial charge in [-0.1, -0.05) is 18.2 Å². The Bertz CT molecular complexity index is 720. The summed E-state index contributed by atoms with van der Waals surface area (Å²) in [6.45, 7) is 5.50. The van der Waals surface area contributed by atoms with Gasteiger partial charge >= 0.3 is 0 Å². The maximum absolute atomic E-state index is 11.6. The fourth-order valence-electron chi connectivity index (χ4n) is 3.21. The molecule has 0 aliphatic carbocycles. The molecule has 0 bridgehead atoms. The Kier molecular flexibility index (Phi) is 11.1. The second-order valence-electron chi connectivity index (χ2n) is 6.81. The molecule has 0 spiro atoms. The number of rotatable bonds is 8.